The number of hydrogen-bond acceptors (Lipinski definition) is 5. The van der Waals surface area contributed by atoms with Crippen molar-refractivity contribution < 1.29 is 32.9 Å². The summed E-state index contributed by atoms with van der Waals surface area (Å²) in [5, 5.41) is 13.9. The van der Waals surface area contributed by atoms with Crippen molar-refractivity contribution in [3.63, 3.8) is 0 Å². The van der Waals surface area contributed by atoms with Crippen LogP contribution in [-0.4, -0.2) is 73.4 Å². The number of unbranched alkanes of at least 4 members (excludes halogenated alkanes) is 35. The molecule has 0 aliphatic heterocycles. The summed E-state index contributed by atoms with van der Waals surface area (Å²) in [6, 6.07) is -0.866. The lowest BCUT2D eigenvalue weighted by atomic mass is 10.0. The van der Waals surface area contributed by atoms with Gasteiger partial charge in [-0.05, 0) is 77.0 Å². The summed E-state index contributed by atoms with van der Waals surface area (Å²) in [4.78, 5) is 23.4. The summed E-state index contributed by atoms with van der Waals surface area (Å²) in [5.41, 5.74) is 0. The average Bonchev–Trinajstić information content (AvgIpc) is 3.41. The van der Waals surface area contributed by atoms with Crippen LogP contribution in [0.2, 0.25) is 0 Å². The molecule has 3 atom stereocenters. The smallest absolute Gasteiger partial charge is 0.387 e. The Morgan fingerprint density at radius 1 is 0.449 bits per heavy atom. The Balaban J connectivity index is 4.03. The highest BCUT2D eigenvalue weighted by molar-refractivity contribution is 7.47. The third-order valence-corrected chi connectivity index (χ3v) is 15.6. The number of carbonyl (C=O) groups is 1. The summed E-state index contributed by atoms with van der Waals surface area (Å²) in [6.45, 7) is 4.71. The molecule has 1 amide bonds. The highest BCUT2D eigenvalue weighted by Gasteiger charge is 2.27. The first kappa shape index (κ1) is 75.7. The number of aliphatic hydroxyl groups excluding tert-OH is 1. The maximum Gasteiger partial charge on any atom is 0.472 e. The molecule has 0 heterocycles. The van der Waals surface area contributed by atoms with Crippen molar-refractivity contribution in [1.29, 1.82) is 0 Å². The number of hydrogen-bond donors (Lipinski definition) is 3. The van der Waals surface area contributed by atoms with Crippen LogP contribution in [0.4, 0.5) is 0 Å². The number of amides is 1. The molecular weight excluding hydrogens is 984 g/mol. The molecule has 3 unspecified atom stereocenters. The fraction of sp³-hybridized carbons (Fsp3) is 0.783. The van der Waals surface area contributed by atoms with E-state index in [0.29, 0.717) is 17.4 Å². The predicted octanol–water partition coefficient (Wildman–Crippen LogP) is 20.8. The van der Waals surface area contributed by atoms with Gasteiger partial charge in [0.2, 0.25) is 5.91 Å². The minimum absolute atomic E-state index is 0.0554. The van der Waals surface area contributed by atoms with Gasteiger partial charge < -0.3 is 19.8 Å². The number of aliphatic hydroxyl groups is 1. The monoisotopic (exact) mass is 1110 g/mol. The summed E-state index contributed by atoms with van der Waals surface area (Å²) in [5.74, 6) is -0.184. The molecule has 0 saturated carbocycles. The molecule has 9 heteroatoms. The van der Waals surface area contributed by atoms with E-state index in [1.807, 2.05) is 27.2 Å². The quantitative estimate of drug-likeness (QED) is 0.0243. The third kappa shape index (κ3) is 61.3. The van der Waals surface area contributed by atoms with Gasteiger partial charge >= 0.3 is 7.82 Å². The number of phosphoric ester groups is 1. The molecule has 0 aromatic rings. The van der Waals surface area contributed by atoms with Gasteiger partial charge in [0.15, 0.2) is 0 Å². The first-order valence-electron chi connectivity index (χ1n) is 33.0. The second kappa shape index (κ2) is 59.3. The highest BCUT2D eigenvalue weighted by atomic mass is 31.2. The van der Waals surface area contributed by atoms with E-state index in [2.05, 4.69) is 92.1 Å². The van der Waals surface area contributed by atoms with Crippen LogP contribution < -0.4 is 5.32 Å². The van der Waals surface area contributed by atoms with Crippen LogP contribution in [0.15, 0.2) is 85.1 Å². The summed E-state index contributed by atoms with van der Waals surface area (Å²) >= 11 is 0. The minimum Gasteiger partial charge on any atom is -0.387 e. The van der Waals surface area contributed by atoms with Crippen LogP contribution in [0.5, 0.6) is 0 Å². The summed E-state index contributed by atoms with van der Waals surface area (Å²) in [6.07, 6.45) is 84.4. The number of nitrogens with one attached hydrogen (secondary N) is 1. The van der Waals surface area contributed by atoms with Crippen LogP contribution in [0, 0.1) is 0 Å². The van der Waals surface area contributed by atoms with Gasteiger partial charge in [-0.2, -0.15) is 0 Å². The second-order valence-electron chi connectivity index (χ2n) is 23.5. The van der Waals surface area contributed by atoms with Crippen molar-refractivity contribution in [2.24, 2.45) is 0 Å². The Hall–Kier alpha value is -2.32. The average molecular weight is 1110 g/mol. The molecular formula is C69H128N2O6P+. The molecule has 0 aromatic heterocycles. The molecule has 0 spiro atoms. The molecule has 454 valence electrons. The van der Waals surface area contributed by atoms with E-state index >= 15 is 0 Å². The number of carbonyl (C=O) groups excluding carboxylic acids is 1. The normalized spacial score (nSPS) is 14.3. The number of rotatable bonds is 60. The Kier molecular flexibility index (Phi) is 57.5. The standard InChI is InChI=1S/C69H127N2O6P/c1-6-8-10-12-14-16-18-20-22-24-26-27-28-29-30-31-32-33-34-35-36-37-38-39-40-41-42-43-45-47-49-51-53-55-57-59-61-63-69(73)70-67(66-77-78(74,75)76-65-64-71(3,4)5)68(72)62-60-58-56-54-52-50-48-46-44-25-23-21-19-17-15-13-11-9-7-2/h8,10,14,16,20,22,26-27,29-30,52,54,60,62,67-68,72H,6-7,9,11-13,15,17-19,21,23-25,28,31-51,53,55-59,61,63-66H2,1-5H3,(H-,70,73,74,75)/p+1/b10-8-,16-14-,22-20-,27-26-,30-29-,54-52+,62-60+. The molecule has 78 heavy (non-hydrogen) atoms. The van der Waals surface area contributed by atoms with Gasteiger partial charge in [0.1, 0.15) is 13.2 Å². The van der Waals surface area contributed by atoms with Crippen LogP contribution in [-0.2, 0) is 18.4 Å². The third-order valence-electron chi connectivity index (χ3n) is 14.6. The van der Waals surface area contributed by atoms with Crippen molar-refractivity contribution >= 4 is 13.7 Å². The van der Waals surface area contributed by atoms with Crippen LogP contribution in [0.3, 0.4) is 0 Å². The number of likely N-dealkylation sites (N-methyl/N-ethyl adjacent to an activating group) is 1. The van der Waals surface area contributed by atoms with E-state index in [4.69, 9.17) is 9.05 Å². The maximum atomic E-state index is 13.0. The number of allylic oxidation sites excluding steroid dienone is 13. The van der Waals surface area contributed by atoms with Crippen LogP contribution in [0.25, 0.3) is 0 Å². The van der Waals surface area contributed by atoms with Crippen molar-refractivity contribution in [2.75, 3.05) is 40.9 Å². The van der Waals surface area contributed by atoms with Gasteiger partial charge in [0.05, 0.1) is 39.9 Å². The van der Waals surface area contributed by atoms with E-state index in [1.165, 1.54) is 205 Å². The van der Waals surface area contributed by atoms with Crippen LogP contribution >= 0.6 is 7.82 Å². The molecule has 0 aliphatic carbocycles. The van der Waals surface area contributed by atoms with Crippen molar-refractivity contribution in [3.8, 4) is 0 Å². The molecule has 0 aliphatic rings. The van der Waals surface area contributed by atoms with E-state index in [9.17, 15) is 19.4 Å². The zero-order valence-corrected chi connectivity index (χ0v) is 52.8. The SMILES string of the molecule is CC/C=C\C/C=C\C/C=C\C/C=C\C/C=C\CCCCCCCCCCCCCCCCCCCCCCCC(=O)NC(COP(=O)(O)OCC[N+](C)(C)C)C(O)/C=C/CC/C=C/CCCCCCCCCCCCCCC. The number of nitrogens with zero attached hydrogens (tertiary/aromatic N) is 1. The van der Waals surface area contributed by atoms with E-state index in [-0.39, 0.29) is 19.1 Å². The van der Waals surface area contributed by atoms with Gasteiger partial charge in [-0.3, -0.25) is 13.8 Å². The zero-order chi connectivity index (χ0) is 57.0. The fourth-order valence-corrected chi connectivity index (χ4v) is 10.2. The molecule has 0 rings (SSSR count). The Bertz CT molecular complexity index is 1550. The first-order chi connectivity index (χ1) is 38.0. The lowest BCUT2D eigenvalue weighted by Gasteiger charge is -2.25. The number of phosphoric acid groups is 1. The van der Waals surface area contributed by atoms with Crippen LogP contribution in [0.1, 0.15) is 296 Å². The Labute approximate surface area is 484 Å². The van der Waals surface area contributed by atoms with E-state index in [0.717, 1.165) is 70.6 Å². The van der Waals surface area contributed by atoms with Gasteiger partial charge in [0, 0.05) is 6.42 Å². The lowest BCUT2D eigenvalue weighted by molar-refractivity contribution is -0.870. The Morgan fingerprint density at radius 3 is 1.18 bits per heavy atom. The number of quaternary nitrogens is 1. The van der Waals surface area contributed by atoms with E-state index < -0.39 is 20.0 Å². The first-order valence-corrected chi connectivity index (χ1v) is 34.5. The fourth-order valence-electron chi connectivity index (χ4n) is 9.50. The van der Waals surface area contributed by atoms with E-state index in [1.54, 1.807) is 6.08 Å². The molecule has 0 fully saturated rings. The van der Waals surface area contributed by atoms with Gasteiger partial charge in [-0.15, -0.1) is 0 Å². The van der Waals surface area contributed by atoms with Gasteiger partial charge in [0.25, 0.3) is 0 Å². The molecule has 0 saturated heterocycles. The minimum atomic E-state index is -4.36. The molecule has 3 N–H and O–H groups in total. The van der Waals surface area contributed by atoms with Gasteiger partial charge in [-0.1, -0.05) is 298 Å². The molecule has 0 bridgehead atoms. The summed E-state index contributed by atoms with van der Waals surface area (Å²) in [7, 11) is 1.56. The predicted molar refractivity (Wildman–Crippen MR) is 341 cm³/mol. The topological polar surface area (TPSA) is 105 Å². The van der Waals surface area contributed by atoms with Crippen molar-refractivity contribution in [1.82, 2.24) is 5.32 Å². The molecule has 8 nitrogen and oxygen atoms in total. The molecule has 0 radical (unpaired) electrons. The lowest BCUT2D eigenvalue weighted by Crippen LogP contribution is -2.45. The zero-order valence-electron chi connectivity index (χ0n) is 51.9. The maximum absolute atomic E-state index is 13.0. The Morgan fingerprint density at radius 2 is 0.782 bits per heavy atom. The summed E-state index contributed by atoms with van der Waals surface area (Å²) < 4.78 is 23.7. The second-order valence-corrected chi connectivity index (χ2v) is 24.9. The van der Waals surface area contributed by atoms with Gasteiger partial charge in [-0.25, -0.2) is 4.57 Å². The van der Waals surface area contributed by atoms with Crippen molar-refractivity contribution in [2.45, 2.75) is 309 Å². The van der Waals surface area contributed by atoms with Crippen molar-refractivity contribution in [3.05, 3.63) is 85.1 Å². The molecule has 0 aromatic carbocycles. The highest BCUT2D eigenvalue weighted by Crippen LogP contribution is 2.43. The largest absolute Gasteiger partial charge is 0.472 e.